The van der Waals surface area contributed by atoms with Crippen molar-refractivity contribution in [3.8, 4) is 0 Å². The molecule has 2 bridgehead atoms. The Balaban J connectivity index is 1.89. The molecule has 0 saturated carbocycles. The summed E-state index contributed by atoms with van der Waals surface area (Å²) in [7, 11) is 0. The number of pyridine rings is 1. The standard InChI is InChI=1S/C12H14N2O2/c15-8-9-2-1-5-13-12(9)14-6-10-3-4-11(7-14)16-10/h1-2,5,8,10-11H,3-4,6-7H2. The molecular weight excluding hydrogens is 204 g/mol. The van der Waals surface area contributed by atoms with E-state index in [2.05, 4.69) is 9.88 Å². The second-order valence-electron chi connectivity index (χ2n) is 4.40. The van der Waals surface area contributed by atoms with Gasteiger partial charge in [0.15, 0.2) is 6.29 Å². The molecule has 0 aliphatic carbocycles. The normalized spacial score (nSPS) is 28.1. The fraction of sp³-hybridized carbons (Fsp3) is 0.500. The molecule has 1 aromatic heterocycles. The number of morpholine rings is 1. The van der Waals surface area contributed by atoms with E-state index in [0.717, 1.165) is 38.0 Å². The molecule has 84 valence electrons. The summed E-state index contributed by atoms with van der Waals surface area (Å²) < 4.78 is 5.76. The fourth-order valence-electron chi connectivity index (χ4n) is 2.55. The Morgan fingerprint density at radius 2 is 2.12 bits per heavy atom. The molecular formula is C12H14N2O2. The van der Waals surface area contributed by atoms with Gasteiger partial charge in [0.2, 0.25) is 0 Å². The van der Waals surface area contributed by atoms with Crippen LogP contribution in [0.1, 0.15) is 23.2 Å². The van der Waals surface area contributed by atoms with Crippen LogP contribution in [0.15, 0.2) is 18.3 Å². The summed E-state index contributed by atoms with van der Waals surface area (Å²) >= 11 is 0. The van der Waals surface area contributed by atoms with Gasteiger partial charge in [0.05, 0.1) is 17.8 Å². The molecule has 2 atom stereocenters. The van der Waals surface area contributed by atoms with Crippen molar-refractivity contribution in [2.45, 2.75) is 25.0 Å². The van der Waals surface area contributed by atoms with Gasteiger partial charge in [0.1, 0.15) is 5.82 Å². The van der Waals surface area contributed by atoms with E-state index < -0.39 is 0 Å². The summed E-state index contributed by atoms with van der Waals surface area (Å²) in [6.45, 7) is 1.71. The molecule has 0 amide bonds. The number of rotatable bonds is 2. The Morgan fingerprint density at radius 3 is 2.81 bits per heavy atom. The number of carbonyl (C=O) groups excluding carboxylic acids is 1. The highest BCUT2D eigenvalue weighted by molar-refractivity contribution is 5.82. The Bertz CT molecular complexity index is 396. The van der Waals surface area contributed by atoms with E-state index in [-0.39, 0.29) is 0 Å². The number of carbonyl (C=O) groups is 1. The van der Waals surface area contributed by atoms with E-state index in [1.165, 1.54) is 0 Å². The zero-order valence-electron chi connectivity index (χ0n) is 9.00. The first-order valence-electron chi connectivity index (χ1n) is 5.67. The molecule has 2 aliphatic heterocycles. The molecule has 0 spiro atoms. The Hall–Kier alpha value is -1.42. The minimum atomic E-state index is 0.320. The third-order valence-corrected chi connectivity index (χ3v) is 3.29. The van der Waals surface area contributed by atoms with Crippen molar-refractivity contribution >= 4 is 12.1 Å². The highest BCUT2D eigenvalue weighted by Crippen LogP contribution is 2.29. The van der Waals surface area contributed by atoms with Gasteiger partial charge in [0.25, 0.3) is 0 Å². The summed E-state index contributed by atoms with van der Waals surface area (Å²) in [6.07, 6.45) is 5.51. The lowest BCUT2D eigenvalue weighted by Crippen LogP contribution is -2.43. The predicted octanol–water partition coefficient (Wildman–Crippen LogP) is 1.26. The van der Waals surface area contributed by atoms with Gasteiger partial charge in [-0.15, -0.1) is 0 Å². The topological polar surface area (TPSA) is 42.4 Å². The molecule has 4 nitrogen and oxygen atoms in total. The van der Waals surface area contributed by atoms with Crippen LogP contribution in [0.3, 0.4) is 0 Å². The van der Waals surface area contributed by atoms with Crippen LogP contribution in [0.2, 0.25) is 0 Å². The number of fused-ring (bicyclic) bond motifs is 2. The van der Waals surface area contributed by atoms with E-state index in [9.17, 15) is 4.79 Å². The van der Waals surface area contributed by atoms with Gasteiger partial charge in [-0.2, -0.15) is 0 Å². The first-order chi connectivity index (χ1) is 7.86. The molecule has 0 aromatic carbocycles. The van der Waals surface area contributed by atoms with E-state index in [1.54, 1.807) is 12.3 Å². The smallest absolute Gasteiger partial charge is 0.153 e. The lowest BCUT2D eigenvalue weighted by molar-refractivity contribution is 0.0301. The molecule has 2 unspecified atom stereocenters. The SMILES string of the molecule is O=Cc1cccnc1N1CC2CCC(C1)O2. The van der Waals surface area contributed by atoms with Gasteiger partial charge in [-0.05, 0) is 25.0 Å². The third kappa shape index (κ3) is 1.59. The van der Waals surface area contributed by atoms with Crippen LogP contribution in [0.25, 0.3) is 0 Å². The van der Waals surface area contributed by atoms with Gasteiger partial charge >= 0.3 is 0 Å². The fourth-order valence-corrected chi connectivity index (χ4v) is 2.55. The third-order valence-electron chi connectivity index (χ3n) is 3.29. The van der Waals surface area contributed by atoms with Crippen LogP contribution in [0.5, 0.6) is 0 Å². The maximum Gasteiger partial charge on any atom is 0.153 e. The van der Waals surface area contributed by atoms with Crippen molar-refractivity contribution in [1.29, 1.82) is 0 Å². The van der Waals surface area contributed by atoms with Crippen LogP contribution in [-0.4, -0.2) is 36.6 Å². The Morgan fingerprint density at radius 1 is 1.38 bits per heavy atom. The maximum atomic E-state index is 11.0. The summed E-state index contributed by atoms with van der Waals surface area (Å²) in [5, 5.41) is 0. The summed E-state index contributed by atoms with van der Waals surface area (Å²) in [6, 6.07) is 3.61. The van der Waals surface area contributed by atoms with Crippen molar-refractivity contribution in [3.05, 3.63) is 23.9 Å². The van der Waals surface area contributed by atoms with Crippen molar-refractivity contribution in [1.82, 2.24) is 4.98 Å². The van der Waals surface area contributed by atoms with Gasteiger partial charge < -0.3 is 9.64 Å². The van der Waals surface area contributed by atoms with E-state index in [4.69, 9.17) is 4.74 Å². The quantitative estimate of drug-likeness (QED) is 0.701. The number of anilines is 1. The first kappa shape index (κ1) is 9.78. The zero-order valence-corrected chi connectivity index (χ0v) is 9.00. The largest absolute Gasteiger partial charge is 0.371 e. The number of hydrogen-bond acceptors (Lipinski definition) is 4. The monoisotopic (exact) mass is 218 g/mol. The predicted molar refractivity (Wildman–Crippen MR) is 59.7 cm³/mol. The Labute approximate surface area is 94.2 Å². The molecule has 1 aromatic rings. The van der Waals surface area contributed by atoms with Crippen molar-refractivity contribution < 1.29 is 9.53 Å². The minimum Gasteiger partial charge on any atom is -0.371 e. The van der Waals surface area contributed by atoms with Gasteiger partial charge in [-0.1, -0.05) is 0 Å². The first-order valence-corrected chi connectivity index (χ1v) is 5.67. The highest BCUT2D eigenvalue weighted by atomic mass is 16.5. The lowest BCUT2D eigenvalue weighted by atomic mass is 10.2. The van der Waals surface area contributed by atoms with Crippen LogP contribution >= 0.6 is 0 Å². The summed E-state index contributed by atoms with van der Waals surface area (Å²) in [5.41, 5.74) is 0.670. The second kappa shape index (κ2) is 3.87. The van der Waals surface area contributed by atoms with Gasteiger partial charge in [-0.25, -0.2) is 4.98 Å². The van der Waals surface area contributed by atoms with Crippen LogP contribution in [0.4, 0.5) is 5.82 Å². The number of ether oxygens (including phenoxy) is 1. The average Bonchev–Trinajstić information content (AvgIpc) is 2.68. The average molecular weight is 218 g/mol. The molecule has 2 saturated heterocycles. The second-order valence-corrected chi connectivity index (χ2v) is 4.40. The molecule has 16 heavy (non-hydrogen) atoms. The minimum absolute atomic E-state index is 0.320. The number of hydrogen-bond donors (Lipinski definition) is 0. The van der Waals surface area contributed by atoms with E-state index in [1.807, 2.05) is 6.07 Å². The van der Waals surface area contributed by atoms with Crippen molar-refractivity contribution in [2.75, 3.05) is 18.0 Å². The molecule has 2 aliphatic rings. The Kier molecular flexibility index (Phi) is 2.36. The summed E-state index contributed by atoms with van der Waals surface area (Å²) in [5.74, 6) is 0.803. The van der Waals surface area contributed by atoms with Crippen LogP contribution in [-0.2, 0) is 4.74 Å². The van der Waals surface area contributed by atoms with E-state index in [0.29, 0.717) is 17.8 Å². The molecule has 0 radical (unpaired) electrons. The van der Waals surface area contributed by atoms with Crippen molar-refractivity contribution in [3.63, 3.8) is 0 Å². The summed E-state index contributed by atoms with van der Waals surface area (Å²) in [4.78, 5) is 17.4. The molecule has 2 fully saturated rings. The van der Waals surface area contributed by atoms with Crippen LogP contribution < -0.4 is 4.90 Å². The molecule has 3 heterocycles. The van der Waals surface area contributed by atoms with Gasteiger partial charge in [0, 0.05) is 19.3 Å². The maximum absolute atomic E-state index is 11.0. The number of nitrogens with zero attached hydrogens (tertiary/aromatic N) is 2. The zero-order chi connectivity index (χ0) is 11.0. The van der Waals surface area contributed by atoms with Gasteiger partial charge in [-0.3, -0.25) is 4.79 Å². The van der Waals surface area contributed by atoms with Crippen molar-refractivity contribution in [2.24, 2.45) is 0 Å². The highest BCUT2D eigenvalue weighted by Gasteiger charge is 2.34. The molecule has 3 rings (SSSR count). The molecule has 0 N–H and O–H groups in total. The number of aromatic nitrogens is 1. The van der Waals surface area contributed by atoms with Crippen LogP contribution in [0, 0.1) is 0 Å². The molecule has 4 heteroatoms. The lowest BCUT2D eigenvalue weighted by Gasteiger charge is -2.33. The van der Waals surface area contributed by atoms with E-state index >= 15 is 0 Å². The number of aldehydes is 1.